The van der Waals surface area contributed by atoms with Crippen LogP contribution in [0.1, 0.15) is 43.7 Å². The van der Waals surface area contributed by atoms with Gasteiger partial charge in [0.15, 0.2) is 5.96 Å². The molecule has 2 heterocycles. The molecule has 0 radical (unpaired) electrons. The molecule has 1 saturated heterocycles. The number of fused-ring (bicyclic) bond motifs is 1. The number of likely N-dealkylation sites (tertiary alicyclic amines) is 1. The molecule has 3 rings (SSSR count). The van der Waals surface area contributed by atoms with Gasteiger partial charge in [-0.15, -0.1) is 0 Å². The monoisotopic (exact) mass is 385 g/mol. The van der Waals surface area contributed by atoms with Crippen molar-refractivity contribution < 1.29 is 4.79 Å². The fraction of sp³-hybridized carbons (Fsp3) is 0.636. The van der Waals surface area contributed by atoms with Gasteiger partial charge in [0.25, 0.3) is 0 Å². The Bertz CT molecular complexity index is 664. The van der Waals surface area contributed by atoms with Gasteiger partial charge >= 0.3 is 0 Å². The van der Waals surface area contributed by atoms with E-state index in [1.807, 2.05) is 24.1 Å². The van der Waals surface area contributed by atoms with Crippen molar-refractivity contribution in [3.05, 3.63) is 35.4 Å². The predicted molar refractivity (Wildman–Crippen MR) is 114 cm³/mol. The van der Waals surface area contributed by atoms with Gasteiger partial charge < -0.3 is 15.1 Å². The van der Waals surface area contributed by atoms with Gasteiger partial charge in [0.2, 0.25) is 5.91 Å². The zero-order valence-electron chi connectivity index (χ0n) is 17.7. The topological polar surface area (TPSA) is 51.2 Å². The lowest BCUT2D eigenvalue weighted by molar-refractivity contribution is -0.131. The van der Waals surface area contributed by atoms with E-state index in [1.165, 1.54) is 30.5 Å². The number of hydrogen-bond acceptors (Lipinski definition) is 3. The second kappa shape index (κ2) is 9.92. The number of aliphatic imine (C=N–C) groups is 1. The molecule has 1 fully saturated rings. The molecule has 0 aliphatic carbocycles. The van der Waals surface area contributed by atoms with E-state index in [-0.39, 0.29) is 5.91 Å². The normalized spacial score (nSPS) is 19.8. The van der Waals surface area contributed by atoms with E-state index >= 15 is 0 Å². The molecule has 2 aliphatic rings. The SMILES string of the molecule is CCN1CCCC1CN(C)C(=NC)NCCCC(=O)N1Cc2ccccc2C1. The lowest BCUT2D eigenvalue weighted by Gasteiger charge is -2.29. The third-order valence-electron chi connectivity index (χ3n) is 6.01. The van der Waals surface area contributed by atoms with Crippen LogP contribution in [0.5, 0.6) is 0 Å². The molecule has 1 amide bonds. The van der Waals surface area contributed by atoms with Gasteiger partial charge in [-0.2, -0.15) is 0 Å². The van der Waals surface area contributed by atoms with Crippen molar-refractivity contribution in [2.75, 3.05) is 40.3 Å². The van der Waals surface area contributed by atoms with Gasteiger partial charge in [-0.1, -0.05) is 31.2 Å². The third kappa shape index (κ3) is 5.04. The minimum absolute atomic E-state index is 0.242. The molecule has 28 heavy (non-hydrogen) atoms. The van der Waals surface area contributed by atoms with Crippen LogP contribution in [-0.4, -0.2) is 72.9 Å². The number of likely N-dealkylation sites (N-methyl/N-ethyl adjacent to an activating group) is 2. The second-order valence-corrected chi connectivity index (χ2v) is 7.90. The summed E-state index contributed by atoms with van der Waals surface area (Å²) in [6, 6.07) is 8.95. The molecule has 1 aromatic carbocycles. The molecule has 1 unspecified atom stereocenters. The van der Waals surface area contributed by atoms with E-state index in [1.54, 1.807) is 0 Å². The highest BCUT2D eigenvalue weighted by molar-refractivity contribution is 5.80. The number of guanidine groups is 1. The zero-order chi connectivity index (χ0) is 19.9. The lowest BCUT2D eigenvalue weighted by atomic mass is 10.1. The van der Waals surface area contributed by atoms with Crippen LogP contribution in [0.2, 0.25) is 0 Å². The predicted octanol–water partition coefficient (Wildman–Crippen LogP) is 2.30. The van der Waals surface area contributed by atoms with Crippen molar-refractivity contribution in [3.63, 3.8) is 0 Å². The summed E-state index contributed by atoms with van der Waals surface area (Å²) in [6.07, 6.45) is 3.96. The molecular weight excluding hydrogens is 350 g/mol. The molecule has 1 atom stereocenters. The summed E-state index contributed by atoms with van der Waals surface area (Å²) in [7, 11) is 3.94. The molecular formula is C22H35N5O. The summed E-state index contributed by atoms with van der Waals surface area (Å²) >= 11 is 0. The van der Waals surface area contributed by atoms with Crippen molar-refractivity contribution in [2.45, 2.75) is 51.7 Å². The summed E-state index contributed by atoms with van der Waals surface area (Å²) in [5, 5.41) is 3.43. The molecule has 1 N–H and O–H groups in total. The Hall–Kier alpha value is -2.08. The summed E-state index contributed by atoms with van der Waals surface area (Å²) in [5.74, 6) is 1.16. The molecule has 0 spiro atoms. The molecule has 0 bridgehead atoms. The van der Waals surface area contributed by atoms with Crippen molar-refractivity contribution in [1.82, 2.24) is 20.0 Å². The maximum absolute atomic E-state index is 12.5. The van der Waals surface area contributed by atoms with Gasteiger partial charge in [-0.05, 0) is 43.5 Å². The lowest BCUT2D eigenvalue weighted by Crippen LogP contribution is -2.46. The molecule has 0 aromatic heterocycles. The Kier molecular flexibility index (Phi) is 7.31. The van der Waals surface area contributed by atoms with Gasteiger partial charge in [0, 0.05) is 52.7 Å². The summed E-state index contributed by atoms with van der Waals surface area (Å²) in [4.78, 5) is 23.7. The fourth-order valence-corrected chi connectivity index (χ4v) is 4.41. The first-order chi connectivity index (χ1) is 13.6. The highest BCUT2D eigenvalue weighted by Crippen LogP contribution is 2.23. The quantitative estimate of drug-likeness (QED) is 0.445. The van der Waals surface area contributed by atoms with E-state index in [4.69, 9.17) is 0 Å². The van der Waals surface area contributed by atoms with Crippen molar-refractivity contribution in [1.29, 1.82) is 0 Å². The van der Waals surface area contributed by atoms with Gasteiger partial charge in [0.1, 0.15) is 0 Å². The van der Waals surface area contributed by atoms with Crippen molar-refractivity contribution in [2.24, 2.45) is 4.99 Å². The molecule has 2 aliphatic heterocycles. The smallest absolute Gasteiger partial charge is 0.223 e. The maximum atomic E-state index is 12.5. The number of nitrogens with one attached hydrogen (secondary N) is 1. The summed E-state index contributed by atoms with van der Waals surface area (Å²) in [5.41, 5.74) is 2.56. The Balaban J connectivity index is 1.37. The third-order valence-corrected chi connectivity index (χ3v) is 6.01. The highest BCUT2D eigenvalue weighted by Gasteiger charge is 2.25. The standard InChI is InChI=1S/C22H35N5O/c1-4-26-14-8-11-20(26)17-25(3)22(23-2)24-13-7-12-21(28)27-15-18-9-5-6-10-19(18)16-27/h5-6,9-10,20H,4,7-8,11-17H2,1-3H3,(H,23,24). The van der Waals surface area contributed by atoms with E-state index in [2.05, 4.69) is 46.2 Å². The van der Waals surface area contributed by atoms with Crippen LogP contribution in [0.15, 0.2) is 29.3 Å². The maximum Gasteiger partial charge on any atom is 0.223 e. The zero-order valence-corrected chi connectivity index (χ0v) is 17.7. The number of hydrogen-bond donors (Lipinski definition) is 1. The van der Waals surface area contributed by atoms with Crippen LogP contribution in [0.4, 0.5) is 0 Å². The van der Waals surface area contributed by atoms with E-state index in [9.17, 15) is 4.79 Å². The Morgan fingerprint density at radius 3 is 2.64 bits per heavy atom. The first-order valence-electron chi connectivity index (χ1n) is 10.6. The van der Waals surface area contributed by atoms with Crippen LogP contribution in [0.25, 0.3) is 0 Å². The minimum atomic E-state index is 0.242. The van der Waals surface area contributed by atoms with Crippen molar-refractivity contribution in [3.8, 4) is 0 Å². The molecule has 6 heteroatoms. The number of benzene rings is 1. The second-order valence-electron chi connectivity index (χ2n) is 7.90. The highest BCUT2D eigenvalue weighted by atomic mass is 16.2. The van der Waals surface area contributed by atoms with E-state index < -0.39 is 0 Å². The van der Waals surface area contributed by atoms with E-state index in [0.717, 1.165) is 45.1 Å². The number of nitrogens with zero attached hydrogens (tertiary/aromatic N) is 4. The van der Waals surface area contributed by atoms with Gasteiger partial charge in [-0.25, -0.2) is 0 Å². The average Bonchev–Trinajstić information content (AvgIpc) is 3.34. The molecule has 0 saturated carbocycles. The Labute approximate surface area is 169 Å². The molecule has 6 nitrogen and oxygen atoms in total. The van der Waals surface area contributed by atoms with Crippen molar-refractivity contribution >= 4 is 11.9 Å². The number of carbonyl (C=O) groups is 1. The number of carbonyl (C=O) groups excluding carboxylic acids is 1. The molecule has 154 valence electrons. The van der Waals surface area contributed by atoms with Crippen LogP contribution < -0.4 is 5.32 Å². The van der Waals surface area contributed by atoms with Gasteiger partial charge in [-0.3, -0.25) is 14.7 Å². The number of rotatable bonds is 7. The van der Waals surface area contributed by atoms with E-state index in [0.29, 0.717) is 12.5 Å². The first kappa shape index (κ1) is 20.6. The van der Waals surface area contributed by atoms with Crippen LogP contribution in [-0.2, 0) is 17.9 Å². The average molecular weight is 386 g/mol. The fourth-order valence-electron chi connectivity index (χ4n) is 4.41. The molecule has 1 aromatic rings. The van der Waals surface area contributed by atoms with Crippen LogP contribution in [0, 0.1) is 0 Å². The first-order valence-corrected chi connectivity index (χ1v) is 10.6. The van der Waals surface area contributed by atoms with Crippen LogP contribution in [0.3, 0.4) is 0 Å². The Morgan fingerprint density at radius 1 is 1.29 bits per heavy atom. The number of amides is 1. The van der Waals surface area contributed by atoms with Crippen LogP contribution >= 0.6 is 0 Å². The minimum Gasteiger partial charge on any atom is -0.356 e. The Morgan fingerprint density at radius 2 is 2.00 bits per heavy atom. The van der Waals surface area contributed by atoms with Gasteiger partial charge in [0.05, 0.1) is 0 Å². The largest absolute Gasteiger partial charge is 0.356 e. The summed E-state index contributed by atoms with van der Waals surface area (Å²) in [6.45, 7) is 7.84. The summed E-state index contributed by atoms with van der Waals surface area (Å²) < 4.78 is 0.